The number of benzene rings is 2. The summed E-state index contributed by atoms with van der Waals surface area (Å²) in [6, 6.07) is 15.4. The molecule has 0 radical (unpaired) electrons. The maximum absolute atomic E-state index is 12.1. The number of aliphatic carboxylic acids is 1. The fourth-order valence-electron chi connectivity index (χ4n) is 5.35. The highest BCUT2D eigenvalue weighted by Crippen LogP contribution is 2.34. The van der Waals surface area contributed by atoms with Crippen molar-refractivity contribution in [2.24, 2.45) is 11.8 Å². The van der Waals surface area contributed by atoms with E-state index in [2.05, 4.69) is 16.0 Å². The van der Waals surface area contributed by atoms with Crippen molar-refractivity contribution >= 4 is 28.5 Å². The highest BCUT2D eigenvalue weighted by molar-refractivity contribution is 6.30. The summed E-state index contributed by atoms with van der Waals surface area (Å²) in [4.78, 5) is 18.8. The highest BCUT2D eigenvalue weighted by Gasteiger charge is 2.34. The third-order valence-corrected chi connectivity index (χ3v) is 7.62. The average Bonchev–Trinajstić information content (AvgIpc) is 2.89. The molecule has 36 heavy (non-hydrogen) atoms. The molecule has 1 aliphatic rings. The summed E-state index contributed by atoms with van der Waals surface area (Å²) in [5.41, 5.74) is 2.85. The van der Waals surface area contributed by atoms with Crippen molar-refractivity contribution in [2.75, 3.05) is 26.7 Å². The second-order valence-corrected chi connectivity index (χ2v) is 10.2. The summed E-state index contributed by atoms with van der Waals surface area (Å²) >= 11 is 6.07. The number of ether oxygens (including phenoxy) is 1. The third kappa shape index (κ3) is 6.75. The molecule has 0 amide bonds. The zero-order chi connectivity index (χ0) is 25.5. The van der Waals surface area contributed by atoms with Crippen molar-refractivity contribution in [1.82, 2.24) is 9.88 Å². The minimum absolute atomic E-state index is 0.0579. The van der Waals surface area contributed by atoms with Gasteiger partial charge in [-0.15, -0.1) is 0 Å². The van der Waals surface area contributed by atoms with E-state index in [0.29, 0.717) is 19.4 Å². The number of piperidine rings is 1. The van der Waals surface area contributed by atoms with Crippen LogP contribution in [0, 0.1) is 11.8 Å². The molecule has 3 atom stereocenters. The van der Waals surface area contributed by atoms with Crippen LogP contribution in [-0.2, 0) is 11.2 Å². The number of carbonyl (C=O) groups is 1. The minimum Gasteiger partial charge on any atom is -0.497 e. The fourth-order valence-corrected chi connectivity index (χ4v) is 5.56. The summed E-state index contributed by atoms with van der Waals surface area (Å²) in [6.45, 7) is 2.38. The maximum Gasteiger partial charge on any atom is 0.308 e. The van der Waals surface area contributed by atoms with E-state index in [4.69, 9.17) is 16.3 Å². The Morgan fingerprint density at radius 3 is 2.86 bits per heavy atom. The second kappa shape index (κ2) is 12.5. The van der Waals surface area contributed by atoms with Crippen molar-refractivity contribution in [3.63, 3.8) is 0 Å². The lowest BCUT2D eigenvalue weighted by atomic mass is 9.81. The Morgan fingerprint density at radius 2 is 2.08 bits per heavy atom. The molecule has 0 spiro atoms. The van der Waals surface area contributed by atoms with Crippen LogP contribution in [0.15, 0.2) is 54.7 Å². The van der Waals surface area contributed by atoms with Gasteiger partial charge < -0.3 is 19.8 Å². The first-order valence-electron chi connectivity index (χ1n) is 12.7. The van der Waals surface area contributed by atoms with Gasteiger partial charge in [-0.2, -0.15) is 0 Å². The van der Waals surface area contributed by atoms with Gasteiger partial charge in [-0.1, -0.05) is 23.7 Å². The Morgan fingerprint density at radius 1 is 1.22 bits per heavy atom. The number of pyridine rings is 1. The van der Waals surface area contributed by atoms with Gasteiger partial charge in [-0.3, -0.25) is 9.78 Å². The van der Waals surface area contributed by atoms with Crippen LogP contribution in [0.25, 0.3) is 10.9 Å². The molecular formula is C29H35ClN2O4. The summed E-state index contributed by atoms with van der Waals surface area (Å²) in [7, 11) is 1.62. The topological polar surface area (TPSA) is 82.9 Å². The first-order chi connectivity index (χ1) is 17.4. The van der Waals surface area contributed by atoms with Crippen LogP contribution in [-0.4, -0.2) is 52.8 Å². The van der Waals surface area contributed by atoms with Gasteiger partial charge in [-0.25, -0.2) is 0 Å². The number of hydrogen-bond acceptors (Lipinski definition) is 5. The van der Waals surface area contributed by atoms with Gasteiger partial charge in [0.25, 0.3) is 0 Å². The number of likely N-dealkylation sites (tertiary alicyclic amines) is 1. The van der Waals surface area contributed by atoms with Gasteiger partial charge in [0.15, 0.2) is 0 Å². The molecule has 4 rings (SSSR count). The van der Waals surface area contributed by atoms with E-state index in [1.807, 2.05) is 42.5 Å². The fraction of sp³-hybridized carbons (Fsp3) is 0.448. The molecule has 1 unspecified atom stereocenters. The third-order valence-electron chi connectivity index (χ3n) is 7.39. The van der Waals surface area contributed by atoms with E-state index >= 15 is 0 Å². The molecule has 2 N–H and O–H groups in total. The number of aliphatic hydroxyl groups is 1. The van der Waals surface area contributed by atoms with Crippen LogP contribution in [0.4, 0.5) is 0 Å². The zero-order valence-corrected chi connectivity index (χ0v) is 21.5. The lowest BCUT2D eigenvalue weighted by Crippen LogP contribution is -2.44. The molecule has 7 heteroatoms. The summed E-state index contributed by atoms with van der Waals surface area (Å²) < 4.78 is 5.34. The number of aromatic nitrogens is 1. The molecule has 2 heterocycles. The first-order valence-corrected chi connectivity index (χ1v) is 13.1. The number of rotatable bonds is 11. The number of methoxy groups -OCH3 is 1. The van der Waals surface area contributed by atoms with Gasteiger partial charge in [0.1, 0.15) is 5.75 Å². The van der Waals surface area contributed by atoms with Crippen molar-refractivity contribution in [3.8, 4) is 5.75 Å². The van der Waals surface area contributed by atoms with E-state index in [1.165, 1.54) is 5.56 Å². The summed E-state index contributed by atoms with van der Waals surface area (Å²) in [5, 5.41) is 22.6. The quantitative estimate of drug-likeness (QED) is 0.319. The van der Waals surface area contributed by atoms with Gasteiger partial charge in [0.2, 0.25) is 0 Å². The molecule has 192 valence electrons. The van der Waals surface area contributed by atoms with Crippen LogP contribution in [0.5, 0.6) is 5.75 Å². The lowest BCUT2D eigenvalue weighted by Gasteiger charge is -2.37. The smallest absolute Gasteiger partial charge is 0.308 e. The van der Waals surface area contributed by atoms with Crippen molar-refractivity contribution in [1.29, 1.82) is 0 Å². The van der Waals surface area contributed by atoms with Gasteiger partial charge in [0, 0.05) is 23.2 Å². The molecule has 1 aromatic heterocycles. The average molecular weight is 511 g/mol. The Balaban J connectivity index is 1.29. The summed E-state index contributed by atoms with van der Waals surface area (Å²) in [6.07, 6.45) is 6.12. The first kappa shape index (κ1) is 26.4. The molecule has 0 aliphatic carbocycles. The molecule has 0 saturated carbocycles. The van der Waals surface area contributed by atoms with Crippen LogP contribution < -0.4 is 4.74 Å². The molecule has 3 aromatic rings. The largest absolute Gasteiger partial charge is 0.497 e. The molecule has 6 nitrogen and oxygen atoms in total. The number of halogens is 1. The van der Waals surface area contributed by atoms with E-state index in [-0.39, 0.29) is 5.92 Å². The number of fused-ring (bicyclic) bond motifs is 1. The van der Waals surface area contributed by atoms with Gasteiger partial charge in [0.05, 0.1) is 24.6 Å². The number of nitrogens with zero attached hydrogens (tertiary/aromatic N) is 2. The molecule has 2 aromatic carbocycles. The normalized spacial score (nSPS) is 19.3. The van der Waals surface area contributed by atoms with Crippen LogP contribution in [0.3, 0.4) is 0 Å². The van der Waals surface area contributed by atoms with E-state index in [0.717, 1.165) is 66.0 Å². The summed E-state index contributed by atoms with van der Waals surface area (Å²) in [5.74, 6) is -0.372. The van der Waals surface area contributed by atoms with E-state index in [9.17, 15) is 15.0 Å². The monoisotopic (exact) mass is 510 g/mol. The number of hydrogen-bond donors (Lipinski definition) is 2. The van der Waals surface area contributed by atoms with Crippen LogP contribution in [0.1, 0.15) is 49.3 Å². The van der Waals surface area contributed by atoms with Crippen LogP contribution in [0.2, 0.25) is 5.02 Å². The Hall–Kier alpha value is -2.67. The lowest BCUT2D eigenvalue weighted by molar-refractivity contribution is -0.146. The predicted molar refractivity (Wildman–Crippen MR) is 143 cm³/mol. The Bertz CT molecular complexity index is 1170. The number of carboxylic acids is 1. The molecule has 1 saturated heterocycles. The van der Waals surface area contributed by atoms with E-state index in [1.54, 1.807) is 13.3 Å². The number of aryl methyl sites for hydroxylation is 1. The standard InChI is InChI=1S/C29H35ClN2O4/c1-36-23-9-10-27-25(18-23)24(12-14-31-27)28(33)11-8-21-13-16-32(19-26(21)29(34)35)15-3-2-5-20-6-4-7-22(30)17-20/h4,6-7,9-10,12,14,17-18,21,26,28,33H,2-3,5,8,11,13,15-16,19H2,1H3,(H,34,35)/t21-,26+,28?/m1/s1. The zero-order valence-electron chi connectivity index (χ0n) is 20.8. The van der Waals surface area contributed by atoms with Crippen LogP contribution >= 0.6 is 11.6 Å². The number of aliphatic hydroxyl groups excluding tert-OH is 1. The van der Waals surface area contributed by atoms with Gasteiger partial charge >= 0.3 is 5.97 Å². The van der Waals surface area contributed by atoms with E-state index < -0.39 is 18.0 Å². The number of unbranched alkanes of at least 4 members (excludes halogenated alkanes) is 1. The highest BCUT2D eigenvalue weighted by atomic mass is 35.5. The maximum atomic E-state index is 12.1. The Labute approximate surface area is 217 Å². The van der Waals surface area contributed by atoms with Crippen molar-refractivity contribution < 1.29 is 19.7 Å². The second-order valence-electron chi connectivity index (χ2n) is 9.76. The number of carboxylic acid groups (broad SMARTS) is 1. The predicted octanol–water partition coefficient (Wildman–Crippen LogP) is 5.76. The molecule has 1 fully saturated rings. The molecule has 0 bridgehead atoms. The van der Waals surface area contributed by atoms with Crippen molar-refractivity contribution in [2.45, 2.75) is 44.6 Å². The Kier molecular flexibility index (Phi) is 9.19. The van der Waals surface area contributed by atoms with Crippen molar-refractivity contribution in [3.05, 3.63) is 70.9 Å². The molecular weight excluding hydrogens is 476 g/mol. The van der Waals surface area contributed by atoms with Gasteiger partial charge in [-0.05, 0) is 105 Å². The molecule has 1 aliphatic heterocycles. The SMILES string of the molecule is COc1ccc2nccc(C(O)CC[C@@H]3CCN(CCCCc4cccc(Cl)c4)C[C@@H]3C(=O)O)c2c1. The minimum atomic E-state index is -0.739.